The van der Waals surface area contributed by atoms with Crippen LogP contribution in [0.25, 0.3) is 0 Å². The third-order valence-electron chi connectivity index (χ3n) is 3.89. The summed E-state index contributed by atoms with van der Waals surface area (Å²) in [4.78, 5) is 23.3. The first-order valence-corrected chi connectivity index (χ1v) is 8.12. The number of aliphatic carboxylic acids is 1. The van der Waals surface area contributed by atoms with E-state index < -0.39 is 53.4 Å². The molecule has 0 spiro atoms. The summed E-state index contributed by atoms with van der Waals surface area (Å²) in [5, 5.41) is 17.2. The fourth-order valence-corrected chi connectivity index (χ4v) is 2.58. The average Bonchev–Trinajstić information content (AvgIpc) is 3.28. The van der Waals surface area contributed by atoms with Crippen molar-refractivity contribution >= 4 is 29.3 Å². The minimum absolute atomic E-state index is 0.121. The molecule has 3 rings (SSSR count). The van der Waals surface area contributed by atoms with Crippen LogP contribution >= 0.6 is 0 Å². The first kappa shape index (κ1) is 19.3. The molecular weight excluding hydrogens is 385 g/mol. The number of amides is 1. The SMILES string of the molecule is O=C(O)CCNc1c(F)cc(N2C[C@H](CNc3ccon3)OC2=O)c(F)c1F. The maximum atomic E-state index is 14.4. The minimum atomic E-state index is -1.56. The molecular formula is C16H15F3N4O5. The smallest absolute Gasteiger partial charge is 0.414 e. The summed E-state index contributed by atoms with van der Waals surface area (Å²) in [6.45, 7) is -0.328. The molecule has 0 radical (unpaired) electrons. The Morgan fingerprint density at radius 3 is 2.79 bits per heavy atom. The van der Waals surface area contributed by atoms with Gasteiger partial charge in [-0.3, -0.25) is 9.69 Å². The Kier molecular flexibility index (Phi) is 5.57. The highest BCUT2D eigenvalue weighted by Gasteiger charge is 2.35. The number of nitrogens with zero attached hydrogens (tertiary/aromatic N) is 2. The maximum Gasteiger partial charge on any atom is 0.414 e. The molecule has 12 heteroatoms. The molecule has 0 unspecified atom stereocenters. The number of carboxylic acids is 1. The number of rotatable bonds is 8. The number of hydrogen-bond donors (Lipinski definition) is 3. The van der Waals surface area contributed by atoms with Gasteiger partial charge in [0, 0.05) is 18.7 Å². The Morgan fingerprint density at radius 1 is 1.32 bits per heavy atom. The minimum Gasteiger partial charge on any atom is -0.481 e. The van der Waals surface area contributed by atoms with Crippen LogP contribution in [0.4, 0.5) is 35.2 Å². The predicted octanol–water partition coefficient (Wildman–Crippen LogP) is 2.42. The van der Waals surface area contributed by atoms with Crippen LogP contribution in [0.5, 0.6) is 0 Å². The standard InChI is InChI=1S/C16H15F3N4O5/c17-9-5-10(13(18)14(19)15(9)20-3-1-12(24)25)23-7-8(28-16(23)26)6-21-11-2-4-27-22-11/h2,4-5,8,20H,1,3,6-7H2,(H,21,22)(H,24,25)/t8-/m0/s1. The number of cyclic esters (lactones) is 1. The molecule has 1 atom stereocenters. The maximum absolute atomic E-state index is 14.4. The molecule has 150 valence electrons. The zero-order valence-corrected chi connectivity index (χ0v) is 14.2. The average molecular weight is 400 g/mol. The summed E-state index contributed by atoms with van der Waals surface area (Å²) in [5.41, 5.74) is -1.42. The van der Waals surface area contributed by atoms with Crippen LogP contribution in [0.1, 0.15) is 6.42 Å². The number of anilines is 3. The third kappa shape index (κ3) is 4.10. The molecule has 3 N–H and O–H groups in total. The lowest BCUT2D eigenvalue weighted by Gasteiger charge is -2.17. The van der Waals surface area contributed by atoms with E-state index in [-0.39, 0.29) is 19.6 Å². The number of hydrogen-bond acceptors (Lipinski definition) is 7. The molecule has 2 heterocycles. The van der Waals surface area contributed by atoms with Crippen molar-refractivity contribution in [2.75, 3.05) is 35.2 Å². The molecule has 0 aliphatic carbocycles. The van der Waals surface area contributed by atoms with Crippen LogP contribution in [0, 0.1) is 17.5 Å². The molecule has 1 amide bonds. The fourth-order valence-electron chi connectivity index (χ4n) is 2.58. The van der Waals surface area contributed by atoms with E-state index in [2.05, 4.69) is 20.3 Å². The zero-order chi connectivity index (χ0) is 20.3. The van der Waals surface area contributed by atoms with Crippen molar-refractivity contribution in [3.63, 3.8) is 0 Å². The largest absolute Gasteiger partial charge is 0.481 e. The van der Waals surface area contributed by atoms with Crippen molar-refractivity contribution in [1.29, 1.82) is 0 Å². The van der Waals surface area contributed by atoms with E-state index >= 15 is 0 Å². The molecule has 1 aliphatic heterocycles. The van der Waals surface area contributed by atoms with Gasteiger partial charge in [-0.1, -0.05) is 5.16 Å². The summed E-state index contributed by atoms with van der Waals surface area (Å²) < 4.78 is 52.5. The van der Waals surface area contributed by atoms with Crippen LogP contribution in [-0.2, 0) is 9.53 Å². The lowest BCUT2D eigenvalue weighted by Crippen LogP contribution is -2.28. The highest BCUT2D eigenvalue weighted by atomic mass is 19.2. The van der Waals surface area contributed by atoms with Gasteiger partial charge in [0.25, 0.3) is 0 Å². The van der Waals surface area contributed by atoms with Gasteiger partial charge in [0.2, 0.25) is 0 Å². The third-order valence-corrected chi connectivity index (χ3v) is 3.89. The number of carbonyl (C=O) groups is 2. The topological polar surface area (TPSA) is 117 Å². The lowest BCUT2D eigenvalue weighted by atomic mass is 10.2. The summed E-state index contributed by atoms with van der Waals surface area (Å²) in [6, 6.07) is 2.19. The first-order chi connectivity index (χ1) is 13.4. The predicted molar refractivity (Wildman–Crippen MR) is 89.7 cm³/mol. The highest BCUT2D eigenvalue weighted by Crippen LogP contribution is 2.32. The molecule has 1 aromatic heterocycles. The number of carbonyl (C=O) groups excluding carboxylic acids is 1. The molecule has 1 saturated heterocycles. The van der Waals surface area contributed by atoms with Gasteiger partial charge in [0.1, 0.15) is 18.1 Å². The molecule has 1 aromatic carbocycles. The monoisotopic (exact) mass is 400 g/mol. The van der Waals surface area contributed by atoms with Crippen LogP contribution < -0.4 is 15.5 Å². The van der Waals surface area contributed by atoms with Crippen LogP contribution in [0.3, 0.4) is 0 Å². The molecule has 1 fully saturated rings. The molecule has 0 bridgehead atoms. The highest BCUT2D eigenvalue weighted by molar-refractivity contribution is 5.90. The molecule has 28 heavy (non-hydrogen) atoms. The van der Waals surface area contributed by atoms with Crippen LogP contribution in [0.15, 0.2) is 22.9 Å². The van der Waals surface area contributed by atoms with E-state index in [0.29, 0.717) is 11.9 Å². The van der Waals surface area contributed by atoms with Crippen molar-refractivity contribution in [3.8, 4) is 0 Å². The Bertz CT molecular complexity index is 878. The molecule has 9 nitrogen and oxygen atoms in total. The Labute approximate surface area is 156 Å². The Balaban J connectivity index is 1.72. The van der Waals surface area contributed by atoms with Gasteiger partial charge < -0.3 is 25.0 Å². The number of halogens is 3. The summed E-state index contributed by atoms with van der Waals surface area (Å²) >= 11 is 0. The Morgan fingerprint density at radius 2 is 2.11 bits per heavy atom. The van der Waals surface area contributed by atoms with Gasteiger partial charge in [0.05, 0.1) is 25.2 Å². The Hall–Kier alpha value is -3.44. The second-order valence-corrected chi connectivity index (χ2v) is 5.83. The number of nitrogens with one attached hydrogen (secondary N) is 2. The summed E-state index contributed by atoms with van der Waals surface area (Å²) in [7, 11) is 0. The molecule has 1 aliphatic rings. The number of carboxylic acid groups (broad SMARTS) is 1. The van der Waals surface area contributed by atoms with Gasteiger partial charge in [-0.15, -0.1) is 0 Å². The van der Waals surface area contributed by atoms with E-state index in [1.807, 2.05) is 0 Å². The normalized spacial score (nSPS) is 16.2. The molecule has 0 saturated carbocycles. The van der Waals surface area contributed by atoms with Crippen molar-refractivity contribution in [3.05, 3.63) is 35.8 Å². The summed E-state index contributed by atoms with van der Waals surface area (Å²) in [5.74, 6) is -4.97. The van der Waals surface area contributed by atoms with Gasteiger partial charge >= 0.3 is 12.1 Å². The number of aromatic nitrogens is 1. The van der Waals surface area contributed by atoms with Crippen LogP contribution in [-0.4, -0.2) is 48.1 Å². The van der Waals surface area contributed by atoms with Crippen molar-refractivity contribution in [1.82, 2.24) is 5.16 Å². The number of ether oxygens (including phenoxy) is 1. The lowest BCUT2D eigenvalue weighted by molar-refractivity contribution is -0.136. The van der Waals surface area contributed by atoms with Gasteiger partial charge in [-0.05, 0) is 0 Å². The second-order valence-electron chi connectivity index (χ2n) is 5.83. The van der Waals surface area contributed by atoms with E-state index in [9.17, 15) is 22.8 Å². The first-order valence-electron chi connectivity index (χ1n) is 8.12. The van der Waals surface area contributed by atoms with E-state index in [4.69, 9.17) is 9.84 Å². The van der Waals surface area contributed by atoms with Gasteiger partial charge in [0.15, 0.2) is 23.3 Å². The second kappa shape index (κ2) is 8.06. The van der Waals surface area contributed by atoms with Gasteiger partial charge in [-0.25, -0.2) is 18.0 Å². The van der Waals surface area contributed by atoms with Crippen molar-refractivity contribution in [2.24, 2.45) is 0 Å². The van der Waals surface area contributed by atoms with Crippen molar-refractivity contribution in [2.45, 2.75) is 12.5 Å². The van der Waals surface area contributed by atoms with Crippen LogP contribution in [0.2, 0.25) is 0 Å². The van der Waals surface area contributed by atoms with E-state index in [1.54, 1.807) is 0 Å². The summed E-state index contributed by atoms with van der Waals surface area (Å²) in [6.07, 6.45) is -0.761. The quantitative estimate of drug-likeness (QED) is 0.579. The number of benzene rings is 1. The van der Waals surface area contributed by atoms with Gasteiger partial charge in [-0.2, -0.15) is 0 Å². The van der Waals surface area contributed by atoms with Crippen molar-refractivity contribution < 1.29 is 37.1 Å². The fraction of sp³-hybridized carbons (Fsp3) is 0.312. The molecule has 2 aromatic rings. The zero-order valence-electron chi connectivity index (χ0n) is 14.2. The van der Waals surface area contributed by atoms with E-state index in [0.717, 1.165) is 4.90 Å². The van der Waals surface area contributed by atoms with E-state index in [1.165, 1.54) is 12.3 Å².